The second-order valence-corrected chi connectivity index (χ2v) is 5.80. The van der Waals surface area contributed by atoms with Gasteiger partial charge in [0, 0.05) is 22.5 Å². The van der Waals surface area contributed by atoms with Crippen LogP contribution >= 0.6 is 23.2 Å². The van der Waals surface area contributed by atoms with Gasteiger partial charge in [0.1, 0.15) is 0 Å². The van der Waals surface area contributed by atoms with Gasteiger partial charge in [0.15, 0.2) is 0 Å². The SMILES string of the molecule is Clc1cc(Cl)cc(N/N=C2\CN3CCC2CC3)c1. The summed E-state index contributed by atoms with van der Waals surface area (Å²) in [4.78, 5) is 2.45. The number of halogens is 2. The molecule has 3 saturated heterocycles. The Hall–Kier alpha value is -0.770. The van der Waals surface area contributed by atoms with Crippen molar-refractivity contribution < 1.29 is 0 Å². The lowest BCUT2D eigenvalue weighted by atomic mass is 9.87. The van der Waals surface area contributed by atoms with Crippen molar-refractivity contribution in [2.45, 2.75) is 12.8 Å². The summed E-state index contributed by atoms with van der Waals surface area (Å²) in [5, 5.41) is 5.77. The number of hydrogen-bond acceptors (Lipinski definition) is 3. The van der Waals surface area contributed by atoms with Gasteiger partial charge < -0.3 is 0 Å². The van der Waals surface area contributed by atoms with Crippen molar-refractivity contribution in [3.8, 4) is 0 Å². The minimum atomic E-state index is 0.624. The average molecular weight is 284 g/mol. The number of rotatable bonds is 2. The van der Waals surface area contributed by atoms with Crippen LogP contribution in [0, 0.1) is 5.92 Å². The molecule has 3 heterocycles. The molecule has 0 amide bonds. The summed E-state index contributed by atoms with van der Waals surface area (Å²) >= 11 is 11.9. The second-order valence-electron chi connectivity index (χ2n) is 4.92. The highest BCUT2D eigenvalue weighted by Gasteiger charge is 2.30. The first-order valence-electron chi connectivity index (χ1n) is 6.21. The van der Waals surface area contributed by atoms with Gasteiger partial charge in [-0.05, 0) is 44.1 Å². The fourth-order valence-electron chi connectivity index (χ4n) is 2.66. The molecule has 4 rings (SSSR count). The zero-order valence-electron chi connectivity index (χ0n) is 10.00. The van der Waals surface area contributed by atoms with Gasteiger partial charge in [-0.15, -0.1) is 0 Å². The molecule has 0 atom stereocenters. The average Bonchev–Trinajstić information content (AvgIpc) is 2.37. The van der Waals surface area contributed by atoms with Gasteiger partial charge in [-0.3, -0.25) is 10.3 Å². The fraction of sp³-hybridized carbons (Fsp3) is 0.462. The molecule has 1 aromatic rings. The Labute approximate surface area is 117 Å². The molecule has 3 aliphatic rings. The van der Waals surface area contributed by atoms with E-state index >= 15 is 0 Å². The van der Waals surface area contributed by atoms with Crippen molar-refractivity contribution in [3.63, 3.8) is 0 Å². The summed E-state index contributed by atoms with van der Waals surface area (Å²) in [6.45, 7) is 3.42. The predicted molar refractivity (Wildman–Crippen MR) is 76.7 cm³/mol. The Kier molecular flexibility index (Phi) is 3.46. The molecule has 1 N–H and O–H groups in total. The van der Waals surface area contributed by atoms with E-state index in [-0.39, 0.29) is 0 Å². The van der Waals surface area contributed by atoms with Crippen LogP contribution in [-0.2, 0) is 0 Å². The van der Waals surface area contributed by atoms with Gasteiger partial charge in [-0.25, -0.2) is 0 Å². The maximum atomic E-state index is 5.95. The van der Waals surface area contributed by atoms with Gasteiger partial charge in [0.2, 0.25) is 0 Å². The zero-order valence-corrected chi connectivity index (χ0v) is 11.5. The lowest BCUT2D eigenvalue weighted by Gasteiger charge is -2.39. The highest BCUT2D eigenvalue weighted by Crippen LogP contribution is 2.26. The topological polar surface area (TPSA) is 27.6 Å². The van der Waals surface area contributed by atoms with E-state index in [2.05, 4.69) is 15.4 Å². The van der Waals surface area contributed by atoms with Crippen LogP contribution < -0.4 is 5.43 Å². The molecule has 18 heavy (non-hydrogen) atoms. The second kappa shape index (κ2) is 5.08. The summed E-state index contributed by atoms with van der Waals surface area (Å²) in [7, 11) is 0. The Balaban J connectivity index is 1.73. The molecular formula is C13H15Cl2N3. The van der Waals surface area contributed by atoms with E-state index in [4.69, 9.17) is 23.2 Å². The van der Waals surface area contributed by atoms with E-state index in [1.165, 1.54) is 31.6 Å². The summed E-state index contributed by atoms with van der Waals surface area (Å²) in [6.07, 6.45) is 2.47. The van der Waals surface area contributed by atoms with Crippen molar-refractivity contribution >= 4 is 34.6 Å². The van der Waals surface area contributed by atoms with Crippen molar-refractivity contribution in [2.24, 2.45) is 11.0 Å². The molecule has 0 saturated carbocycles. The number of benzene rings is 1. The van der Waals surface area contributed by atoms with Crippen LogP contribution in [0.25, 0.3) is 0 Å². The predicted octanol–water partition coefficient (Wildman–Crippen LogP) is 3.49. The first-order chi connectivity index (χ1) is 8.70. The largest absolute Gasteiger partial charge is 0.298 e. The highest BCUT2D eigenvalue weighted by molar-refractivity contribution is 6.35. The normalized spacial score (nSPS) is 28.7. The third-order valence-corrected chi connectivity index (χ3v) is 4.07. The monoisotopic (exact) mass is 283 g/mol. The van der Waals surface area contributed by atoms with Gasteiger partial charge in [-0.1, -0.05) is 23.2 Å². The maximum absolute atomic E-state index is 5.95. The van der Waals surface area contributed by atoms with Gasteiger partial charge in [-0.2, -0.15) is 5.10 Å². The molecule has 0 unspecified atom stereocenters. The molecular weight excluding hydrogens is 269 g/mol. The van der Waals surface area contributed by atoms with Crippen molar-refractivity contribution in [1.82, 2.24) is 4.90 Å². The molecule has 0 spiro atoms. The molecule has 3 nitrogen and oxygen atoms in total. The first kappa shape index (κ1) is 12.3. The van der Waals surface area contributed by atoms with Gasteiger partial charge in [0.05, 0.1) is 11.4 Å². The number of hydrogen-bond donors (Lipinski definition) is 1. The number of fused-ring (bicyclic) bond motifs is 3. The Morgan fingerprint density at radius 2 is 1.78 bits per heavy atom. The lowest BCUT2D eigenvalue weighted by Crippen LogP contribution is -2.48. The molecule has 1 aromatic carbocycles. The van der Waals surface area contributed by atoms with E-state index < -0.39 is 0 Å². The van der Waals surface area contributed by atoms with Gasteiger partial charge >= 0.3 is 0 Å². The first-order valence-corrected chi connectivity index (χ1v) is 6.97. The van der Waals surface area contributed by atoms with Crippen LogP contribution in [0.4, 0.5) is 5.69 Å². The minimum absolute atomic E-state index is 0.624. The van der Waals surface area contributed by atoms with Crippen LogP contribution in [0.2, 0.25) is 10.0 Å². The van der Waals surface area contributed by atoms with Crippen LogP contribution in [0.3, 0.4) is 0 Å². The smallest absolute Gasteiger partial charge is 0.0591 e. The Bertz CT molecular complexity index is 459. The molecule has 0 aromatic heterocycles. The lowest BCUT2D eigenvalue weighted by molar-refractivity contribution is 0.200. The highest BCUT2D eigenvalue weighted by atomic mass is 35.5. The molecule has 3 aliphatic heterocycles. The minimum Gasteiger partial charge on any atom is -0.298 e. The quantitative estimate of drug-likeness (QED) is 0.842. The van der Waals surface area contributed by atoms with E-state index in [1.54, 1.807) is 6.07 Å². The molecule has 3 fully saturated rings. The molecule has 5 heteroatoms. The van der Waals surface area contributed by atoms with E-state index in [0.29, 0.717) is 16.0 Å². The Morgan fingerprint density at radius 1 is 1.11 bits per heavy atom. The summed E-state index contributed by atoms with van der Waals surface area (Å²) < 4.78 is 0. The molecule has 0 aliphatic carbocycles. The number of hydrazone groups is 1. The van der Waals surface area contributed by atoms with Crippen molar-refractivity contribution in [3.05, 3.63) is 28.2 Å². The summed E-state index contributed by atoms with van der Waals surface area (Å²) in [5.74, 6) is 0.650. The van der Waals surface area contributed by atoms with Gasteiger partial charge in [0.25, 0.3) is 0 Å². The van der Waals surface area contributed by atoms with Crippen LogP contribution in [0.15, 0.2) is 23.3 Å². The number of nitrogens with one attached hydrogen (secondary N) is 1. The maximum Gasteiger partial charge on any atom is 0.0591 e. The van der Waals surface area contributed by atoms with Crippen LogP contribution in [0.5, 0.6) is 0 Å². The number of piperidine rings is 3. The van der Waals surface area contributed by atoms with E-state index in [9.17, 15) is 0 Å². The van der Waals surface area contributed by atoms with Crippen molar-refractivity contribution in [2.75, 3.05) is 25.1 Å². The van der Waals surface area contributed by atoms with E-state index in [0.717, 1.165) is 12.2 Å². The third kappa shape index (κ3) is 2.63. The summed E-state index contributed by atoms with van der Waals surface area (Å²) in [5.41, 5.74) is 5.17. The van der Waals surface area contributed by atoms with Crippen molar-refractivity contribution in [1.29, 1.82) is 0 Å². The number of anilines is 1. The summed E-state index contributed by atoms with van der Waals surface area (Å²) in [6, 6.07) is 5.38. The fourth-order valence-corrected chi connectivity index (χ4v) is 3.19. The molecule has 0 radical (unpaired) electrons. The standard InChI is InChI=1S/C13H15Cl2N3/c14-10-5-11(15)7-12(6-10)16-17-13-8-18-3-1-9(13)2-4-18/h5-7,9,16H,1-4,8H2/b17-13+. The Morgan fingerprint density at radius 3 is 2.33 bits per heavy atom. The zero-order chi connectivity index (χ0) is 12.5. The molecule has 2 bridgehead atoms. The van der Waals surface area contributed by atoms with Crippen LogP contribution in [-0.4, -0.2) is 30.2 Å². The number of nitrogens with zero attached hydrogens (tertiary/aromatic N) is 2. The van der Waals surface area contributed by atoms with E-state index in [1.807, 2.05) is 12.1 Å². The third-order valence-electron chi connectivity index (χ3n) is 3.64. The molecule has 96 valence electrons. The van der Waals surface area contributed by atoms with Crippen LogP contribution in [0.1, 0.15) is 12.8 Å².